The van der Waals surface area contributed by atoms with E-state index in [1.54, 1.807) is 0 Å². The van der Waals surface area contributed by atoms with Gasteiger partial charge in [-0.3, -0.25) is 0 Å². The standard InChI is InChI=1S/C10H20O3/c1-2-11-7-5-3-4-6-10-12-8-9-13-10/h10H,2-9H2,1H3. The van der Waals surface area contributed by atoms with Crippen molar-refractivity contribution in [2.45, 2.75) is 38.9 Å². The van der Waals surface area contributed by atoms with E-state index in [0.717, 1.165) is 39.3 Å². The van der Waals surface area contributed by atoms with Crippen molar-refractivity contribution >= 4 is 0 Å². The molecular formula is C10H20O3. The zero-order chi connectivity index (χ0) is 9.36. The summed E-state index contributed by atoms with van der Waals surface area (Å²) in [5.74, 6) is 0. The lowest BCUT2D eigenvalue weighted by Crippen LogP contribution is -2.06. The summed E-state index contributed by atoms with van der Waals surface area (Å²) >= 11 is 0. The molecule has 1 aliphatic rings. The maximum atomic E-state index is 5.33. The lowest BCUT2D eigenvalue weighted by molar-refractivity contribution is -0.0482. The van der Waals surface area contributed by atoms with E-state index < -0.39 is 0 Å². The zero-order valence-corrected chi connectivity index (χ0v) is 8.46. The van der Waals surface area contributed by atoms with Crippen LogP contribution in [0.4, 0.5) is 0 Å². The lowest BCUT2D eigenvalue weighted by Gasteiger charge is -2.07. The van der Waals surface area contributed by atoms with Crippen LogP contribution in [0.25, 0.3) is 0 Å². The number of unbranched alkanes of at least 4 members (excludes halogenated alkanes) is 2. The first-order chi connectivity index (χ1) is 6.43. The predicted octanol–water partition coefficient (Wildman–Crippen LogP) is 1.96. The summed E-state index contributed by atoms with van der Waals surface area (Å²) in [6, 6.07) is 0. The van der Waals surface area contributed by atoms with Gasteiger partial charge < -0.3 is 14.2 Å². The topological polar surface area (TPSA) is 27.7 Å². The van der Waals surface area contributed by atoms with Gasteiger partial charge in [-0.05, 0) is 26.2 Å². The molecular weight excluding hydrogens is 168 g/mol. The predicted molar refractivity (Wildman–Crippen MR) is 50.7 cm³/mol. The smallest absolute Gasteiger partial charge is 0.157 e. The molecule has 0 atom stereocenters. The van der Waals surface area contributed by atoms with E-state index in [0.29, 0.717) is 0 Å². The first-order valence-electron chi connectivity index (χ1n) is 5.24. The highest BCUT2D eigenvalue weighted by Gasteiger charge is 2.14. The van der Waals surface area contributed by atoms with Crippen LogP contribution in [0.1, 0.15) is 32.6 Å². The second-order valence-electron chi connectivity index (χ2n) is 3.22. The highest BCUT2D eigenvalue weighted by Crippen LogP contribution is 2.12. The van der Waals surface area contributed by atoms with Crippen LogP contribution in [0, 0.1) is 0 Å². The van der Waals surface area contributed by atoms with Gasteiger partial charge in [0.1, 0.15) is 0 Å². The van der Waals surface area contributed by atoms with Gasteiger partial charge in [-0.2, -0.15) is 0 Å². The Balaban J connectivity index is 1.78. The maximum absolute atomic E-state index is 5.33. The van der Waals surface area contributed by atoms with Crippen molar-refractivity contribution in [2.75, 3.05) is 26.4 Å². The average Bonchev–Trinajstić information content (AvgIpc) is 2.63. The second kappa shape index (κ2) is 7.30. The van der Waals surface area contributed by atoms with Crippen molar-refractivity contribution in [1.82, 2.24) is 0 Å². The summed E-state index contributed by atoms with van der Waals surface area (Å²) in [5.41, 5.74) is 0. The van der Waals surface area contributed by atoms with Gasteiger partial charge in [-0.15, -0.1) is 0 Å². The van der Waals surface area contributed by atoms with Gasteiger partial charge in [0.15, 0.2) is 6.29 Å². The Labute approximate surface area is 80.4 Å². The maximum Gasteiger partial charge on any atom is 0.157 e. The molecule has 0 aliphatic carbocycles. The molecule has 3 heteroatoms. The Morgan fingerprint density at radius 1 is 1.15 bits per heavy atom. The summed E-state index contributed by atoms with van der Waals surface area (Å²) < 4.78 is 15.9. The molecule has 1 saturated heterocycles. The van der Waals surface area contributed by atoms with E-state index in [4.69, 9.17) is 14.2 Å². The van der Waals surface area contributed by atoms with Gasteiger partial charge in [0.05, 0.1) is 13.2 Å². The third-order valence-electron chi connectivity index (χ3n) is 2.12. The SMILES string of the molecule is CCOCCCCCC1OCCO1. The van der Waals surface area contributed by atoms with E-state index in [9.17, 15) is 0 Å². The van der Waals surface area contributed by atoms with Crippen molar-refractivity contribution in [3.63, 3.8) is 0 Å². The minimum Gasteiger partial charge on any atom is -0.382 e. The van der Waals surface area contributed by atoms with Gasteiger partial charge in [-0.25, -0.2) is 0 Å². The van der Waals surface area contributed by atoms with E-state index >= 15 is 0 Å². The molecule has 0 amide bonds. The fraction of sp³-hybridized carbons (Fsp3) is 1.00. The Kier molecular flexibility index (Phi) is 6.15. The third kappa shape index (κ3) is 5.24. The molecule has 1 aliphatic heterocycles. The molecule has 78 valence electrons. The summed E-state index contributed by atoms with van der Waals surface area (Å²) in [6.07, 6.45) is 4.65. The van der Waals surface area contributed by atoms with Crippen LogP contribution in [0.2, 0.25) is 0 Å². The van der Waals surface area contributed by atoms with Crippen molar-refractivity contribution in [1.29, 1.82) is 0 Å². The molecule has 0 radical (unpaired) electrons. The molecule has 0 aromatic heterocycles. The minimum absolute atomic E-state index is 0.0760. The Morgan fingerprint density at radius 3 is 2.62 bits per heavy atom. The van der Waals surface area contributed by atoms with Crippen LogP contribution in [-0.2, 0) is 14.2 Å². The number of hydrogen-bond acceptors (Lipinski definition) is 3. The van der Waals surface area contributed by atoms with E-state index in [2.05, 4.69) is 0 Å². The molecule has 0 bridgehead atoms. The van der Waals surface area contributed by atoms with Gasteiger partial charge in [0.25, 0.3) is 0 Å². The second-order valence-corrected chi connectivity index (χ2v) is 3.22. The molecule has 3 nitrogen and oxygen atoms in total. The quantitative estimate of drug-likeness (QED) is 0.572. The average molecular weight is 188 g/mol. The Morgan fingerprint density at radius 2 is 1.92 bits per heavy atom. The molecule has 1 heterocycles. The fourth-order valence-electron chi connectivity index (χ4n) is 1.41. The van der Waals surface area contributed by atoms with Crippen LogP contribution >= 0.6 is 0 Å². The zero-order valence-electron chi connectivity index (χ0n) is 8.46. The molecule has 0 aromatic carbocycles. The van der Waals surface area contributed by atoms with Gasteiger partial charge in [0, 0.05) is 13.2 Å². The van der Waals surface area contributed by atoms with Crippen molar-refractivity contribution < 1.29 is 14.2 Å². The van der Waals surface area contributed by atoms with Crippen molar-refractivity contribution in [3.05, 3.63) is 0 Å². The van der Waals surface area contributed by atoms with Gasteiger partial charge in [-0.1, -0.05) is 6.42 Å². The molecule has 1 fully saturated rings. The summed E-state index contributed by atoms with van der Waals surface area (Å²) in [6.45, 7) is 5.28. The number of ether oxygens (including phenoxy) is 3. The van der Waals surface area contributed by atoms with E-state index in [1.807, 2.05) is 6.92 Å². The summed E-state index contributed by atoms with van der Waals surface area (Å²) in [5, 5.41) is 0. The van der Waals surface area contributed by atoms with E-state index in [1.165, 1.54) is 12.8 Å². The molecule has 0 N–H and O–H groups in total. The summed E-state index contributed by atoms with van der Waals surface area (Å²) in [4.78, 5) is 0. The van der Waals surface area contributed by atoms with Crippen molar-refractivity contribution in [3.8, 4) is 0 Å². The largest absolute Gasteiger partial charge is 0.382 e. The highest BCUT2D eigenvalue weighted by atomic mass is 16.7. The first-order valence-corrected chi connectivity index (χ1v) is 5.24. The highest BCUT2D eigenvalue weighted by molar-refractivity contribution is 4.52. The summed E-state index contributed by atoms with van der Waals surface area (Å²) in [7, 11) is 0. The van der Waals surface area contributed by atoms with E-state index in [-0.39, 0.29) is 6.29 Å². The van der Waals surface area contributed by atoms with Crippen LogP contribution in [-0.4, -0.2) is 32.7 Å². The van der Waals surface area contributed by atoms with Gasteiger partial charge in [0.2, 0.25) is 0 Å². The molecule has 0 unspecified atom stereocenters. The molecule has 1 rings (SSSR count). The third-order valence-corrected chi connectivity index (χ3v) is 2.12. The normalized spacial score (nSPS) is 18.2. The Bertz CT molecular complexity index is 111. The lowest BCUT2D eigenvalue weighted by atomic mass is 10.2. The van der Waals surface area contributed by atoms with Crippen LogP contribution in [0.5, 0.6) is 0 Å². The molecule has 0 spiro atoms. The van der Waals surface area contributed by atoms with Gasteiger partial charge >= 0.3 is 0 Å². The molecule has 0 saturated carbocycles. The first kappa shape index (κ1) is 11.0. The Hall–Kier alpha value is -0.120. The van der Waals surface area contributed by atoms with Crippen LogP contribution in [0.15, 0.2) is 0 Å². The number of hydrogen-bond donors (Lipinski definition) is 0. The minimum atomic E-state index is 0.0760. The number of rotatable bonds is 7. The van der Waals surface area contributed by atoms with Crippen LogP contribution in [0.3, 0.4) is 0 Å². The monoisotopic (exact) mass is 188 g/mol. The van der Waals surface area contributed by atoms with Crippen molar-refractivity contribution in [2.24, 2.45) is 0 Å². The van der Waals surface area contributed by atoms with Crippen LogP contribution < -0.4 is 0 Å². The molecule has 0 aromatic rings. The molecule has 13 heavy (non-hydrogen) atoms. The fourth-order valence-corrected chi connectivity index (χ4v) is 1.41.